The van der Waals surface area contributed by atoms with Crippen LogP contribution in [0.4, 0.5) is 0 Å². The molecule has 0 fully saturated rings. The number of nitrogens with two attached hydrogens (primary N) is 1. The number of hydrogen-bond donors (Lipinski definition) is 1. The summed E-state index contributed by atoms with van der Waals surface area (Å²) in [4.78, 5) is 11.7. The van der Waals surface area contributed by atoms with Crippen molar-refractivity contribution in [1.82, 2.24) is 0 Å². The zero-order chi connectivity index (χ0) is 12.1. The number of benzene rings is 1. The van der Waals surface area contributed by atoms with E-state index in [1.165, 1.54) is 11.1 Å². The lowest BCUT2D eigenvalue weighted by atomic mass is 9.95. The Hall–Kier alpha value is -0.860. The zero-order valence-corrected chi connectivity index (χ0v) is 11.6. The summed E-state index contributed by atoms with van der Waals surface area (Å²) in [5, 5.41) is 0. The van der Waals surface area contributed by atoms with Crippen molar-refractivity contribution < 1.29 is 4.79 Å². The molecule has 0 amide bonds. The van der Waals surface area contributed by atoms with E-state index < -0.39 is 0 Å². The molecular weight excluding hydrogens is 234 g/mol. The standard InChI is InChI=1S/C14H21NO.ClH/c1-10(2)14(15)13(16)9-8-12-7-5-4-6-11(12)3;/h4-7,10,14H,8-9,15H2,1-3H3;1H/t14-;/m1./s1. The van der Waals surface area contributed by atoms with Crippen LogP contribution in [0.1, 0.15) is 31.4 Å². The van der Waals surface area contributed by atoms with Crippen molar-refractivity contribution in [1.29, 1.82) is 0 Å². The maximum atomic E-state index is 11.7. The van der Waals surface area contributed by atoms with E-state index in [0.717, 1.165) is 6.42 Å². The topological polar surface area (TPSA) is 43.1 Å². The summed E-state index contributed by atoms with van der Waals surface area (Å²) >= 11 is 0. The highest BCUT2D eigenvalue weighted by Gasteiger charge is 2.16. The number of aryl methyl sites for hydroxylation is 2. The molecule has 1 aromatic rings. The summed E-state index contributed by atoms with van der Waals surface area (Å²) in [6.45, 7) is 6.04. The molecule has 17 heavy (non-hydrogen) atoms. The zero-order valence-electron chi connectivity index (χ0n) is 10.8. The van der Waals surface area contributed by atoms with Gasteiger partial charge < -0.3 is 5.73 Å². The minimum atomic E-state index is -0.316. The number of carbonyl (C=O) groups excluding carboxylic acids is 1. The van der Waals surface area contributed by atoms with E-state index in [2.05, 4.69) is 19.1 Å². The lowest BCUT2D eigenvalue weighted by Crippen LogP contribution is -2.35. The van der Waals surface area contributed by atoms with Crippen LogP contribution in [-0.4, -0.2) is 11.8 Å². The van der Waals surface area contributed by atoms with Gasteiger partial charge in [0.2, 0.25) is 0 Å². The summed E-state index contributed by atoms with van der Waals surface area (Å²) in [5.74, 6) is 0.391. The number of rotatable bonds is 5. The Labute approximate surface area is 110 Å². The average molecular weight is 256 g/mol. The average Bonchev–Trinajstić information content (AvgIpc) is 2.26. The molecule has 0 spiro atoms. The second kappa shape index (κ2) is 7.46. The predicted octanol–water partition coefficient (Wildman–Crippen LogP) is 2.90. The summed E-state index contributed by atoms with van der Waals surface area (Å²) in [6, 6.07) is 7.85. The third-order valence-electron chi connectivity index (χ3n) is 2.99. The van der Waals surface area contributed by atoms with Crippen molar-refractivity contribution in [2.45, 2.75) is 39.7 Å². The molecule has 0 aliphatic carbocycles. The minimum Gasteiger partial charge on any atom is -0.321 e. The first-order chi connectivity index (χ1) is 7.52. The second-order valence-electron chi connectivity index (χ2n) is 4.66. The van der Waals surface area contributed by atoms with Gasteiger partial charge in [0.15, 0.2) is 0 Å². The van der Waals surface area contributed by atoms with Gasteiger partial charge in [-0.05, 0) is 30.4 Å². The lowest BCUT2D eigenvalue weighted by Gasteiger charge is -2.14. The molecule has 96 valence electrons. The summed E-state index contributed by atoms with van der Waals surface area (Å²) < 4.78 is 0. The lowest BCUT2D eigenvalue weighted by molar-refractivity contribution is -0.121. The van der Waals surface area contributed by atoms with Gasteiger partial charge in [0.05, 0.1) is 6.04 Å². The summed E-state index contributed by atoms with van der Waals surface area (Å²) in [5.41, 5.74) is 8.30. The number of halogens is 1. The fourth-order valence-electron chi connectivity index (χ4n) is 1.69. The molecule has 0 aromatic heterocycles. The van der Waals surface area contributed by atoms with Crippen molar-refractivity contribution in [3.63, 3.8) is 0 Å². The first-order valence-corrected chi connectivity index (χ1v) is 5.85. The van der Waals surface area contributed by atoms with Gasteiger partial charge in [-0.15, -0.1) is 12.4 Å². The Balaban J connectivity index is 0.00000256. The maximum absolute atomic E-state index is 11.7. The molecule has 1 aromatic carbocycles. The monoisotopic (exact) mass is 255 g/mol. The second-order valence-corrected chi connectivity index (χ2v) is 4.66. The Morgan fingerprint density at radius 1 is 1.29 bits per heavy atom. The molecule has 2 nitrogen and oxygen atoms in total. The fourth-order valence-corrected chi connectivity index (χ4v) is 1.69. The van der Waals surface area contributed by atoms with Gasteiger partial charge >= 0.3 is 0 Å². The van der Waals surface area contributed by atoms with Gasteiger partial charge in [-0.1, -0.05) is 38.1 Å². The Morgan fingerprint density at radius 2 is 1.88 bits per heavy atom. The highest BCUT2D eigenvalue weighted by Crippen LogP contribution is 2.11. The third-order valence-corrected chi connectivity index (χ3v) is 2.99. The van der Waals surface area contributed by atoms with Gasteiger partial charge in [0.25, 0.3) is 0 Å². The first kappa shape index (κ1) is 16.1. The highest BCUT2D eigenvalue weighted by atomic mass is 35.5. The van der Waals surface area contributed by atoms with Gasteiger partial charge in [-0.25, -0.2) is 0 Å². The minimum absolute atomic E-state index is 0. The Morgan fingerprint density at radius 3 is 2.41 bits per heavy atom. The molecule has 0 aliphatic heterocycles. The van der Waals surface area contributed by atoms with Gasteiger partial charge in [0, 0.05) is 6.42 Å². The van der Waals surface area contributed by atoms with Crippen LogP contribution in [0.25, 0.3) is 0 Å². The van der Waals surface area contributed by atoms with Gasteiger partial charge in [-0.3, -0.25) is 4.79 Å². The predicted molar refractivity (Wildman–Crippen MR) is 74.6 cm³/mol. The third kappa shape index (κ3) is 4.88. The number of ketones is 1. The molecule has 0 radical (unpaired) electrons. The van der Waals surface area contributed by atoms with Crippen LogP contribution in [0, 0.1) is 12.8 Å². The van der Waals surface area contributed by atoms with Crippen LogP contribution in [0.3, 0.4) is 0 Å². The number of Topliss-reactive ketones (excluding diaryl/α,β-unsaturated/α-hetero) is 1. The number of hydrogen-bond acceptors (Lipinski definition) is 2. The van der Waals surface area contributed by atoms with E-state index in [9.17, 15) is 4.79 Å². The Bertz CT molecular complexity index is 363. The van der Waals surface area contributed by atoms with Crippen molar-refractivity contribution in [3.8, 4) is 0 Å². The first-order valence-electron chi connectivity index (χ1n) is 5.85. The molecule has 3 heteroatoms. The SMILES string of the molecule is Cc1ccccc1CCC(=O)[C@H](N)C(C)C.Cl. The van der Waals surface area contributed by atoms with E-state index >= 15 is 0 Å². The van der Waals surface area contributed by atoms with E-state index in [4.69, 9.17) is 5.73 Å². The molecule has 2 N–H and O–H groups in total. The largest absolute Gasteiger partial charge is 0.321 e. The molecule has 1 rings (SSSR count). The molecule has 0 aliphatic rings. The van der Waals surface area contributed by atoms with Crippen molar-refractivity contribution in [2.24, 2.45) is 11.7 Å². The van der Waals surface area contributed by atoms with Crippen molar-refractivity contribution in [3.05, 3.63) is 35.4 Å². The van der Waals surface area contributed by atoms with Crippen LogP contribution in [0.5, 0.6) is 0 Å². The normalized spacial score (nSPS) is 12.1. The van der Waals surface area contributed by atoms with Crippen LogP contribution < -0.4 is 5.73 Å². The van der Waals surface area contributed by atoms with E-state index in [1.54, 1.807) is 0 Å². The molecular formula is C14H22ClNO. The maximum Gasteiger partial charge on any atom is 0.150 e. The van der Waals surface area contributed by atoms with Crippen LogP contribution in [-0.2, 0) is 11.2 Å². The molecule has 0 saturated heterocycles. The quantitative estimate of drug-likeness (QED) is 0.879. The molecule has 0 bridgehead atoms. The van der Waals surface area contributed by atoms with Crippen LogP contribution in [0.2, 0.25) is 0 Å². The van der Waals surface area contributed by atoms with E-state index in [0.29, 0.717) is 6.42 Å². The van der Waals surface area contributed by atoms with Crippen molar-refractivity contribution >= 4 is 18.2 Å². The smallest absolute Gasteiger partial charge is 0.150 e. The fraction of sp³-hybridized carbons (Fsp3) is 0.500. The summed E-state index contributed by atoms with van der Waals surface area (Å²) in [7, 11) is 0. The van der Waals surface area contributed by atoms with Crippen LogP contribution in [0.15, 0.2) is 24.3 Å². The Kier molecular flexibility index (Phi) is 7.09. The molecule has 0 saturated carbocycles. The highest BCUT2D eigenvalue weighted by molar-refractivity contribution is 5.85. The molecule has 0 unspecified atom stereocenters. The van der Waals surface area contributed by atoms with E-state index in [-0.39, 0.29) is 30.2 Å². The van der Waals surface area contributed by atoms with Gasteiger partial charge in [0.1, 0.15) is 5.78 Å². The van der Waals surface area contributed by atoms with Gasteiger partial charge in [-0.2, -0.15) is 0 Å². The summed E-state index contributed by atoms with van der Waals surface area (Å²) in [6.07, 6.45) is 1.34. The van der Waals surface area contributed by atoms with E-state index in [1.807, 2.05) is 26.0 Å². The molecule has 0 heterocycles. The van der Waals surface area contributed by atoms with Crippen LogP contribution >= 0.6 is 12.4 Å². The van der Waals surface area contributed by atoms with Crippen molar-refractivity contribution in [2.75, 3.05) is 0 Å². The molecule has 1 atom stereocenters. The number of carbonyl (C=O) groups is 1.